The summed E-state index contributed by atoms with van der Waals surface area (Å²) in [6, 6.07) is 5.75. The second-order valence-electron chi connectivity index (χ2n) is 8.31. The topological polar surface area (TPSA) is 120 Å². The highest BCUT2D eigenvalue weighted by Crippen LogP contribution is 2.26. The summed E-state index contributed by atoms with van der Waals surface area (Å²) in [4.78, 5) is 35.4. The highest BCUT2D eigenvalue weighted by Gasteiger charge is 2.14. The fourth-order valence-corrected chi connectivity index (χ4v) is 4.25. The summed E-state index contributed by atoms with van der Waals surface area (Å²) in [5.41, 5.74) is 1.73. The molecular formula is C23H31N9O2S. The van der Waals surface area contributed by atoms with Crippen LogP contribution in [0.4, 0.5) is 16.9 Å². The lowest BCUT2D eigenvalue weighted by atomic mass is 10.3. The minimum absolute atomic E-state index is 0.123. The number of likely N-dealkylation sites (N-methyl/N-ethyl adjacent to an activating group) is 1. The van der Waals surface area contributed by atoms with E-state index in [2.05, 4.69) is 35.8 Å². The predicted octanol–water partition coefficient (Wildman–Crippen LogP) is 1.70. The minimum atomic E-state index is -0.123. The van der Waals surface area contributed by atoms with Crippen LogP contribution in [0, 0.1) is 0 Å². The zero-order valence-electron chi connectivity index (χ0n) is 20.0. The number of aromatic nitrogens is 4. The lowest BCUT2D eigenvalue weighted by Crippen LogP contribution is -2.36. The fraction of sp³-hybridized carbons (Fsp3) is 0.435. The quantitative estimate of drug-likeness (QED) is 0.267. The Kier molecular flexibility index (Phi) is 8.90. The van der Waals surface area contributed by atoms with E-state index in [1.54, 1.807) is 12.3 Å². The number of rotatable bonds is 11. The van der Waals surface area contributed by atoms with Crippen molar-refractivity contribution < 1.29 is 9.53 Å². The van der Waals surface area contributed by atoms with Crippen molar-refractivity contribution in [2.24, 2.45) is 0 Å². The number of pyridine rings is 1. The van der Waals surface area contributed by atoms with Crippen LogP contribution in [-0.2, 0) is 16.1 Å². The van der Waals surface area contributed by atoms with Crippen LogP contribution in [0.5, 0.6) is 0 Å². The molecule has 11 nitrogen and oxygen atoms in total. The Morgan fingerprint density at radius 2 is 2.09 bits per heavy atom. The number of amides is 1. The molecule has 1 fully saturated rings. The number of anilines is 3. The summed E-state index contributed by atoms with van der Waals surface area (Å²) in [6.45, 7) is 5.55. The maximum atomic E-state index is 11.9. The third-order valence-electron chi connectivity index (χ3n) is 5.12. The summed E-state index contributed by atoms with van der Waals surface area (Å²) in [6.07, 6.45) is 5.14. The molecule has 3 aromatic heterocycles. The number of thiazole rings is 1. The standard InChI is InChI=1S/C23H31N9O2S/c1-31(2)10-4-6-20(33)24-8-9-26-22-27-17(16-32-11-13-34-14-12-32)15-19(29-22)30-23-28-18-5-3-7-25-21(18)35-23/h3-7,15H,8-14,16H2,1-2H3,(H,24,33)(H2,26,27,28,29,30). The Balaban J connectivity index is 1.40. The predicted molar refractivity (Wildman–Crippen MR) is 138 cm³/mol. The van der Waals surface area contributed by atoms with Gasteiger partial charge in [-0.2, -0.15) is 4.98 Å². The number of morpholine rings is 1. The Labute approximate surface area is 208 Å². The molecule has 12 heteroatoms. The Hall–Kier alpha value is -3.19. The van der Waals surface area contributed by atoms with E-state index >= 15 is 0 Å². The van der Waals surface area contributed by atoms with E-state index in [-0.39, 0.29) is 5.91 Å². The molecular weight excluding hydrogens is 466 g/mol. The molecule has 0 bridgehead atoms. The maximum absolute atomic E-state index is 11.9. The molecule has 0 unspecified atom stereocenters. The van der Waals surface area contributed by atoms with Crippen LogP contribution in [0.1, 0.15) is 5.69 Å². The van der Waals surface area contributed by atoms with E-state index < -0.39 is 0 Å². The first-order valence-electron chi connectivity index (χ1n) is 11.5. The summed E-state index contributed by atoms with van der Waals surface area (Å²) < 4.78 is 5.46. The molecule has 0 atom stereocenters. The molecule has 1 aliphatic heterocycles. The third-order valence-corrected chi connectivity index (χ3v) is 6.01. The molecule has 0 aromatic carbocycles. The van der Waals surface area contributed by atoms with Crippen molar-refractivity contribution in [1.82, 2.24) is 35.1 Å². The van der Waals surface area contributed by atoms with Gasteiger partial charge in [-0.3, -0.25) is 9.69 Å². The van der Waals surface area contributed by atoms with E-state index in [0.29, 0.717) is 31.4 Å². The van der Waals surface area contributed by atoms with E-state index in [4.69, 9.17) is 9.72 Å². The van der Waals surface area contributed by atoms with Crippen LogP contribution in [0.2, 0.25) is 0 Å². The Morgan fingerprint density at radius 1 is 1.23 bits per heavy atom. The van der Waals surface area contributed by atoms with Crippen LogP contribution in [0.25, 0.3) is 10.3 Å². The molecule has 0 aliphatic carbocycles. The van der Waals surface area contributed by atoms with Gasteiger partial charge in [0, 0.05) is 57.6 Å². The van der Waals surface area contributed by atoms with E-state index in [9.17, 15) is 4.79 Å². The lowest BCUT2D eigenvalue weighted by Gasteiger charge is -2.26. The molecule has 0 saturated carbocycles. The van der Waals surface area contributed by atoms with Crippen molar-refractivity contribution in [2.45, 2.75) is 6.54 Å². The zero-order valence-corrected chi connectivity index (χ0v) is 20.8. The van der Waals surface area contributed by atoms with Gasteiger partial charge in [0.15, 0.2) is 5.13 Å². The van der Waals surface area contributed by atoms with Gasteiger partial charge in [0.1, 0.15) is 16.2 Å². The number of nitrogens with one attached hydrogen (secondary N) is 3. The molecule has 0 radical (unpaired) electrons. The van der Waals surface area contributed by atoms with Crippen molar-refractivity contribution >= 4 is 44.5 Å². The number of ether oxygens (including phenoxy) is 1. The molecule has 1 aliphatic rings. The average Bonchev–Trinajstić information content (AvgIpc) is 3.24. The van der Waals surface area contributed by atoms with Gasteiger partial charge >= 0.3 is 0 Å². The van der Waals surface area contributed by atoms with E-state index in [1.807, 2.05) is 43.3 Å². The normalized spacial score (nSPS) is 14.6. The highest BCUT2D eigenvalue weighted by molar-refractivity contribution is 7.21. The first-order valence-corrected chi connectivity index (χ1v) is 12.4. The van der Waals surface area contributed by atoms with Crippen LogP contribution in [-0.4, -0.2) is 95.7 Å². The van der Waals surface area contributed by atoms with Gasteiger partial charge in [-0.25, -0.2) is 15.0 Å². The average molecular weight is 498 g/mol. The van der Waals surface area contributed by atoms with Crippen molar-refractivity contribution in [1.29, 1.82) is 0 Å². The van der Waals surface area contributed by atoms with Gasteiger partial charge in [-0.05, 0) is 26.2 Å². The monoisotopic (exact) mass is 497 g/mol. The van der Waals surface area contributed by atoms with Gasteiger partial charge in [0.25, 0.3) is 0 Å². The first kappa shape index (κ1) is 24.9. The van der Waals surface area contributed by atoms with Crippen LogP contribution in [0.15, 0.2) is 36.5 Å². The SMILES string of the molecule is CN(C)CC=CC(=O)NCCNc1nc(CN2CCOCC2)cc(Nc2nc3cccnc3s2)n1. The third kappa shape index (κ3) is 7.92. The molecule has 0 spiro atoms. The maximum Gasteiger partial charge on any atom is 0.243 e. The van der Waals surface area contributed by atoms with E-state index in [0.717, 1.165) is 54.0 Å². The number of fused-ring (bicyclic) bond motifs is 1. The summed E-state index contributed by atoms with van der Waals surface area (Å²) in [5, 5.41) is 10.1. The lowest BCUT2D eigenvalue weighted by molar-refractivity contribution is -0.116. The summed E-state index contributed by atoms with van der Waals surface area (Å²) in [5.74, 6) is 1.03. The van der Waals surface area contributed by atoms with Crippen molar-refractivity contribution in [3.05, 3.63) is 42.2 Å². The molecule has 1 amide bonds. The Bertz CT molecular complexity index is 1110. The second-order valence-corrected chi connectivity index (χ2v) is 9.29. The van der Waals surface area contributed by atoms with Crippen molar-refractivity contribution in [2.75, 3.05) is 70.7 Å². The molecule has 35 heavy (non-hydrogen) atoms. The fourth-order valence-electron chi connectivity index (χ4n) is 3.43. The largest absolute Gasteiger partial charge is 0.379 e. The molecule has 4 rings (SSSR count). The van der Waals surface area contributed by atoms with Gasteiger partial charge in [0.2, 0.25) is 11.9 Å². The number of nitrogens with zero attached hydrogens (tertiary/aromatic N) is 6. The zero-order chi connectivity index (χ0) is 24.5. The number of carbonyl (C=O) groups excluding carboxylic acids is 1. The summed E-state index contributed by atoms with van der Waals surface area (Å²) in [7, 11) is 3.91. The van der Waals surface area contributed by atoms with Crippen LogP contribution in [0.3, 0.4) is 0 Å². The van der Waals surface area contributed by atoms with Crippen molar-refractivity contribution in [3.8, 4) is 0 Å². The molecule has 3 N–H and O–H groups in total. The van der Waals surface area contributed by atoms with Gasteiger partial charge < -0.3 is 25.6 Å². The molecule has 4 heterocycles. The van der Waals surface area contributed by atoms with Gasteiger partial charge in [-0.1, -0.05) is 17.4 Å². The number of hydrogen-bond donors (Lipinski definition) is 3. The smallest absolute Gasteiger partial charge is 0.243 e. The number of carbonyl (C=O) groups is 1. The van der Waals surface area contributed by atoms with Crippen molar-refractivity contribution in [3.63, 3.8) is 0 Å². The summed E-state index contributed by atoms with van der Waals surface area (Å²) >= 11 is 1.47. The van der Waals surface area contributed by atoms with Crippen LogP contribution >= 0.6 is 11.3 Å². The second kappa shape index (κ2) is 12.5. The van der Waals surface area contributed by atoms with Crippen LogP contribution < -0.4 is 16.0 Å². The highest BCUT2D eigenvalue weighted by atomic mass is 32.1. The molecule has 3 aromatic rings. The van der Waals surface area contributed by atoms with Gasteiger partial charge in [-0.15, -0.1) is 0 Å². The van der Waals surface area contributed by atoms with Gasteiger partial charge in [0.05, 0.1) is 18.9 Å². The molecule has 1 saturated heterocycles. The minimum Gasteiger partial charge on any atom is -0.379 e. The Morgan fingerprint density at radius 3 is 2.89 bits per heavy atom. The molecule has 186 valence electrons. The number of hydrogen-bond acceptors (Lipinski definition) is 11. The first-order chi connectivity index (χ1) is 17.0. The van der Waals surface area contributed by atoms with E-state index in [1.165, 1.54) is 11.3 Å².